The Hall–Kier alpha value is -3.26. The van der Waals surface area contributed by atoms with Crippen LogP contribution in [0.5, 0.6) is 0 Å². The molecular formula is C15H11ClN6O2. The summed E-state index contributed by atoms with van der Waals surface area (Å²) in [6.45, 7) is 0. The maximum absolute atomic E-state index is 12.4. The molecule has 0 unspecified atom stereocenters. The van der Waals surface area contributed by atoms with E-state index in [1.807, 2.05) is 0 Å². The van der Waals surface area contributed by atoms with Crippen molar-refractivity contribution in [3.05, 3.63) is 64.9 Å². The molecule has 0 aliphatic heterocycles. The van der Waals surface area contributed by atoms with Crippen molar-refractivity contribution in [2.24, 2.45) is 5.73 Å². The molecule has 0 bridgehead atoms. The van der Waals surface area contributed by atoms with Crippen LogP contribution in [0.2, 0.25) is 5.02 Å². The van der Waals surface area contributed by atoms with Gasteiger partial charge >= 0.3 is 0 Å². The predicted molar refractivity (Wildman–Crippen MR) is 87.1 cm³/mol. The van der Waals surface area contributed by atoms with Gasteiger partial charge in [-0.3, -0.25) is 9.59 Å². The van der Waals surface area contributed by atoms with Gasteiger partial charge in [0.25, 0.3) is 5.91 Å². The lowest BCUT2D eigenvalue weighted by Crippen LogP contribution is -2.14. The van der Waals surface area contributed by atoms with Crippen molar-refractivity contribution in [3.63, 3.8) is 0 Å². The highest BCUT2D eigenvalue weighted by Gasteiger charge is 2.13. The van der Waals surface area contributed by atoms with Gasteiger partial charge in [0.05, 0.1) is 16.3 Å². The van der Waals surface area contributed by atoms with Gasteiger partial charge in [-0.15, -0.1) is 5.10 Å². The Morgan fingerprint density at radius 3 is 2.50 bits per heavy atom. The van der Waals surface area contributed by atoms with Crippen molar-refractivity contribution in [2.45, 2.75) is 0 Å². The highest BCUT2D eigenvalue weighted by Crippen LogP contribution is 2.21. The third-order valence-corrected chi connectivity index (χ3v) is 3.57. The number of amides is 2. The summed E-state index contributed by atoms with van der Waals surface area (Å²) in [7, 11) is 0. The molecule has 2 amide bonds. The molecule has 0 atom stereocenters. The molecule has 2 aromatic carbocycles. The van der Waals surface area contributed by atoms with E-state index in [1.54, 1.807) is 30.3 Å². The summed E-state index contributed by atoms with van der Waals surface area (Å²) in [4.78, 5) is 23.5. The monoisotopic (exact) mass is 342 g/mol. The SMILES string of the molecule is NC(=O)c1ccc(NC(=O)c2cc(-n3cnnn3)ccc2Cl)cc1. The molecule has 9 heteroatoms. The Kier molecular flexibility index (Phi) is 4.21. The van der Waals surface area contributed by atoms with Gasteiger partial charge in [-0.1, -0.05) is 11.6 Å². The van der Waals surface area contributed by atoms with E-state index in [0.29, 0.717) is 16.9 Å². The number of carbonyl (C=O) groups is 2. The number of hydrogen-bond acceptors (Lipinski definition) is 5. The molecule has 3 N–H and O–H groups in total. The van der Waals surface area contributed by atoms with Crippen LogP contribution >= 0.6 is 11.6 Å². The van der Waals surface area contributed by atoms with Crippen LogP contribution in [0, 0.1) is 0 Å². The van der Waals surface area contributed by atoms with E-state index in [2.05, 4.69) is 20.8 Å². The number of nitrogens with two attached hydrogens (primary N) is 1. The number of tetrazole rings is 1. The lowest BCUT2D eigenvalue weighted by Gasteiger charge is -2.09. The van der Waals surface area contributed by atoms with Crippen LogP contribution < -0.4 is 11.1 Å². The molecule has 3 aromatic rings. The number of nitrogens with zero attached hydrogens (tertiary/aromatic N) is 4. The van der Waals surface area contributed by atoms with Gasteiger partial charge in [-0.25, -0.2) is 4.68 Å². The zero-order chi connectivity index (χ0) is 17.1. The second-order valence-electron chi connectivity index (χ2n) is 4.81. The van der Waals surface area contributed by atoms with Crippen molar-refractivity contribution in [1.29, 1.82) is 0 Å². The van der Waals surface area contributed by atoms with E-state index >= 15 is 0 Å². The fourth-order valence-electron chi connectivity index (χ4n) is 2.03. The number of anilines is 1. The minimum absolute atomic E-state index is 0.267. The Morgan fingerprint density at radius 2 is 1.88 bits per heavy atom. The second-order valence-corrected chi connectivity index (χ2v) is 5.22. The van der Waals surface area contributed by atoms with Gasteiger partial charge in [0, 0.05) is 11.3 Å². The zero-order valence-electron chi connectivity index (χ0n) is 12.2. The molecule has 0 radical (unpaired) electrons. The van der Waals surface area contributed by atoms with Crippen molar-refractivity contribution >= 4 is 29.1 Å². The minimum atomic E-state index is -0.537. The second kappa shape index (κ2) is 6.47. The van der Waals surface area contributed by atoms with Gasteiger partial charge in [0.1, 0.15) is 6.33 Å². The minimum Gasteiger partial charge on any atom is -0.366 e. The number of nitrogens with one attached hydrogen (secondary N) is 1. The molecule has 0 fully saturated rings. The first-order valence-electron chi connectivity index (χ1n) is 6.79. The van der Waals surface area contributed by atoms with Crippen molar-refractivity contribution < 1.29 is 9.59 Å². The van der Waals surface area contributed by atoms with Gasteiger partial charge in [0.15, 0.2) is 0 Å². The van der Waals surface area contributed by atoms with E-state index in [1.165, 1.54) is 23.1 Å². The van der Waals surface area contributed by atoms with E-state index in [4.69, 9.17) is 17.3 Å². The Labute approximate surface area is 141 Å². The van der Waals surface area contributed by atoms with Gasteiger partial charge in [0.2, 0.25) is 5.91 Å². The summed E-state index contributed by atoms with van der Waals surface area (Å²) in [5.74, 6) is -0.938. The molecule has 0 aliphatic rings. The number of halogens is 1. The topological polar surface area (TPSA) is 116 Å². The summed E-state index contributed by atoms with van der Waals surface area (Å²) in [5, 5.41) is 13.8. The molecule has 8 nitrogen and oxygen atoms in total. The molecule has 0 saturated carbocycles. The normalized spacial score (nSPS) is 10.4. The lowest BCUT2D eigenvalue weighted by molar-refractivity contribution is 0.0998. The van der Waals surface area contributed by atoms with Crippen molar-refractivity contribution in [2.75, 3.05) is 5.32 Å². The van der Waals surface area contributed by atoms with Crippen molar-refractivity contribution in [3.8, 4) is 5.69 Å². The van der Waals surface area contributed by atoms with Crippen LogP contribution in [-0.4, -0.2) is 32.0 Å². The number of primary amides is 1. The van der Waals surface area contributed by atoms with Gasteiger partial charge in [-0.2, -0.15) is 0 Å². The van der Waals surface area contributed by atoms with Crippen LogP contribution in [0.3, 0.4) is 0 Å². The van der Waals surface area contributed by atoms with E-state index in [-0.39, 0.29) is 10.6 Å². The quantitative estimate of drug-likeness (QED) is 0.748. The van der Waals surface area contributed by atoms with E-state index in [0.717, 1.165) is 0 Å². The van der Waals surface area contributed by atoms with Gasteiger partial charge in [-0.05, 0) is 52.9 Å². The average molecular weight is 343 g/mol. The highest BCUT2D eigenvalue weighted by atomic mass is 35.5. The lowest BCUT2D eigenvalue weighted by atomic mass is 10.1. The van der Waals surface area contributed by atoms with Crippen LogP contribution in [0.1, 0.15) is 20.7 Å². The molecule has 1 heterocycles. The number of rotatable bonds is 4. The Balaban J connectivity index is 1.84. The standard InChI is InChI=1S/C15H11ClN6O2/c16-13-6-5-11(22-8-18-20-21-22)7-12(13)15(24)19-10-3-1-9(2-4-10)14(17)23/h1-8H,(H2,17,23)(H,19,24). The van der Waals surface area contributed by atoms with Crippen LogP contribution in [0.25, 0.3) is 5.69 Å². The third-order valence-electron chi connectivity index (χ3n) is 3.24. The first-order chi connectivity index (χ1) is 11.5. The molecule has 24 heavy (non-hydrogen) atoms. The number of benzene rings is 2. The van der Waals surface area contributed by atoms with E-state index < -0.39 is 11.8 Å². The fraction of sp³-hybridized carbons (Fsp3) is 0. The number of aromatic nitrogens is 4. The number of carbonyl (C=O) groups excluding carboxylic acids is 2. The summed E-state index contributed by atoms with van der Waals surface area (Å²) >= 11 is 6.10. The van der Waals surface area contributed by atoms with Crippen LogP contribution in [-0.2, 0) is 0 Å². The van der Waals surface area contributed by atoms with E-state index in [9.17, 15) is 9.59 Å². The zero-order valence-corrected chi connectivity index (χ0v) is 12.9. The first-order valence-corrected chi connectivity index (χ1v) is 7.16. The first kappa shape index (κ1) is 15.6. The smallest absolute Gasteiger partial charge is 0.257 e. The average Bonchev–Trinajstić information content (AvgIpc) is 3.10. The number of hydrogen-bond donors (Lipinski definition) is 2. The van der Waals surface area contributed by atoms with Crippen LogP contribution in [0.15, 0.2) is 48.8 Å². The predicted octanol–water partition coefficient (Wildman–Crippen LogP) is 1.67. The summed E-state index contributed by atoms with van der Waals surface area (Å²) in [6.07, 6.45) is 1.41. The summed E-state index contributed by atoms with van der Waals surface area (Å²) in [6, 6.07) is 11.1. The molecule has 1 aromatic heterocycles. The maximum atomic E-state index is 12.4. The molecule has 120 valence electrons. The third kappa shape index (κ3) is 3.23. The Morgan fingerprint density at radius 1 is 1.12 bits per heavy atom. The maximum Gasteiger partial charge on any atom is 0.257 e. The van der Waals surface area contributed by atoms with Crippen molar-refractivity contribution in [1.82, 2.24) is 20.2 Å². The Bertz CT molecular complexity index is 893. The largest absolute Gasteiger partial charge is 0.366 e. The molecule has 0 spiro atoms. The molecule has 0 saturated heterocycles. The fourth-order valence-corrected chi connectivity index (χ4v) is 2.23. The molecular weight excluding hydrogens is 332 g/mol. The summed E-state index contributed by atoms with van der Waals surface area (Å²) in [5.41, 5.74) is 6.90. The van der Waals surface area contributed by atoms with Gasteiger partial charge < -0.3 is 11.1 Å². The van der Waals surface area contributed by atoms with Crippen LogP contribution in [0.4, 0.5) is 5.69 Å². The summed E-state index contributed by atoms with van der Waals surface area (Å²) < 4.78 is 1.41. The highest BCUT2D eigenvalue weighted by molar-refractivity contribution is 6.34. The molecule has 0 aliphatic carbocycles. The molecule has 3 rings (SSSR count).